The van der Waals surface area contributed by atoms with Crippen molar-refractivity contribution in [3.8, 4) is 0 Å². The molecule has 0 amide bonds. The third-order valence-corrected chi connectivity index (χ3v) is 4.81. The molecule has 0 N–H and O–H groups in total. The summed E-state index contributed by atoms with van der Waals surface area (Å²) in [5.74, 6) is 0. The molecule has 26 heavy (non-hydrogen) atoms. The summed E-state index contributed by atoms with van der Waals surface area (Å²) in [7, 11) is 4.16. The van der Waals surface area contributed by atoms with Crippen LogP contribution in [0.2, 0.25) is 0 Å². The fourth-order valence-corrected chi connectivity index (χ4v) is 3.53. The van der Waals surface area contributed by atoms with Gasteiger partial charge in [0.15, 0.2) is 0 Å². The van der Waals surface area contributed by atoms with Crippen molar-refractivity contribution in [1.29, 1.82) is 0 Å². The van der Waals surface area contributed by atoms with E-state index in [-0.39, 0.29) is 6.04 Å². The molecule has 3 aromatic rings. The predicted molar refractivity (Wildman–Crippen MR) is 110 cm³/mol. The van der Waals surface area contributed by atoms with Gasteiger partial charge in [-0.1, -0.05) is 66.7 Å². The standard InChI is InChI=1S/C23H23N3/c1-25(2)22-16-10-9-15-20(22)21-17-23(18-11-5-3-6-12-18)26(24-21)19-13-7-4-8-14-19/h3-16,23H,17H2,1-2H3. The lowest BCUT2D eigenvalue weighted by Crippen LogP contribution is -2.18. The van der Waals surface area contributed by atoms with E-state index in [1.165, 1.54) is 16.8 Å². The Morgan fingerprint density at radius 1 is 0.808 bits per heavy atom. The highest BCUT2D eigenvalue weighted by atomic mass is 15.5. The van der Waals surface area contributed by atoms with Crippen molar-refractivity contribution < 1.29 is 0 Å². The maximum atomic E-state index is 5.05. The van der Waals surface area contributed by atoms with Gasteiger partial charge in [0.25, 0.3) is 0 Å². The van der Waals surface area contributed by atoms with Crippen molar-refractivity contribution in [2.75, 3.05) is 24.0 Å². The third-order valence-electron chi connectivity index (χ3n) is 4.81. The van der Waals surface area contributed by atoms with Crippen molar-refractivity contribution in [2.24, 2.45) is 5.10 Å². The molecule has 1 aliphatic heterocycles. The lowest BCUT2D eigenvalue weighted by molar-refractivity contribution is 0.709. The Morgan fingerprint density at radius 3 is 2.12 bits per heavy atom. The molecule has 3 heteroatoms. The molecule has 130 valence electrons. The van der Waals surface area contributed by atoms with E-state index in [1.807, 2.05) is 6.07 Å². The molecule has 0 saturated heterocycles. The molecule has 0 bridgehead atoms. The Balaban J connectivity index is 1.78. The van der Waals surface area contributed by atoms with Gasteiger partial charge in [0.2, 0.25) is 0 Å². The first-order valence-electron chi connectivity index (χ1n) is 8.97. The Labute approximate surface area is 155 Å². The number of anilines is 2. The SMILES string of the molecule is CN(C)c1ccccc1C1=NN(c2ccccc2)C(c2ccccc2)C1. The zero-order valence-electron chi connectivity index (χ0n) is 15.2. The van der Waals surface area contributed by atoms with Crippen LogP contribution in [0.15, 0.2) is 90.0 Å². The van der Waals surface area contributed by atoms with Gasteiger partial charge in [-0.25, -0.2) is 0 Å². The largest absolute Gasteiger partial charge is 0.377 e. The minimum Gasteiger partial charge on any atom is -0.377 e. The van der Waals surface area contributed by atoms with Gasteiger partial charge in [0.05, 0.1) is 17.4 Å². The number of benzene rings is 3. The van der Waals surface area contributed by atoms with Crippen molar-refractivity contribution in [3.05, 3.63) is 96.1 Å². The molecule has 0 fully saturated rings. The number of hydrogen-bond acceptors (Lipinski definition) is 3. The molecular formula is C23H23N3. The minimum atomic E-state index is 0.212. The second-order valence-corrected chi connectivity index (χ2v) is 6.77. The molecule has 0 spiro atoms. The molecule has 3 aromatic carbocycles. The zero-order valence-corrected chi connectivity index (χ0v) is 15.2. The van der Waals surface area contributed by atoms with Crippen LogP contribution in [0.3, 0.4) is 0 Å². The van der Waals surface area contributed by atoms with Crippen LogP contribution in [0.1, 0.15) is 23.6 Å². The first kappa shape index (κ1) is 16.4. The molecule has 1 atom stereocenters. The quantitative estimate of drug-likeness (QED) is 0.657. The second-order valence-electron chi connectivity index (χ2n) is 6.77. The summed E-state index contributed by atoms with van der Waals surface area (Å²) in [4.78, 5) is 2.15. The van der Waals surface area contributed by atoms with E-state index in [2.05, 4.69) is 103 Å². The smallest absolute Gasteiger partial charge is 0.0831 e. The molecule has 0 saturated carbocycles. The number of nitrogens with zero attached hydrogens (tertiary/aromatic N) is 3. The fraction of sp³-hybridized carbons (Fsp3) is 0.174. The fourth-order valence-electron chi connectivity index (χ4n) is 3.53. The number of hydrogen-bond donors (Lipinski definition) is 0. The highest BCUT2D eigenvalue weighted by molar-refractivity contribution is 6.07. The summed E-state index contributed by atoms with van der Waals surface area (Å²) in [6.07, 6.45) is 0.893. The zero-order chi connectivity index (χ0) is 17.9. The van der Waals surface area contributed by atoms with Crippen molar-refractivity contribution in [1.82, 2.24) is 0 Å². The maximum Gasteiger partial charge on any atom is 0.0831 e. The lowest BCUT2D eigenvalue weighted by Gasteiger charge is -2.23. The molecular weight excluding hydrogens is 318 g/mol. The Bertz CT molecular complexity index is 901. The first-order chi connectivity index (χ1) is 12.7. The topological polar surface area (TPSA) is 18.8 Å². The Hall–Kier alpha value is -3.07. The second kappa shape index (κ2) is 7.04. The lowest BCUT2D eigenvalue weighted by atomic mass is 9.97. The molecule has 0 aliphatic carbocycles. The predicted octanol–water partition coefficient (Wildman–Crippen LogP) is 5.11. The number of hydrazone groups is 1. The summed E-state index contributed by atoms with van der Waals surface area (Å²) in [5.41, 5.74) is 5.95. The summed E-state index contributed by atoms with van der Waals surface area (Å²) >= 11 is 0. The Kier molecular flexibility index (Phi) is 4.44. The van der Waals surface area contributed by atoms with E-state index in [0.29, 0.717) is 0 Å². The third kappa shape index (κ3) is 3.08. The molecule has 0 aromatic heterocycles. The van der Waals surface area contributed by atoms with Gasteiger partial charge in [0.1, 0.15) is 0 Å². The van der Waals surface area contributed by atoms with Crippen LogP contribution in [-0.4, -0.2) is 19.8 Å². The maximum absolute atomic E-state index is 5.05. The molecule has 0 radical (unpaired) electrons. The van der Waals surface area contributed by atoms with Crippen molar-refractivity contribution in [2.45, 2.75) is 12.5 Å². The van der Waals surface area contributed by atoms with Gasteiger partial charge in [0, 0.05) is 31.8 Å². The molecule has 1 unspecified atom stereocenters. The molecule has 3 nitrogen and oxygen atoms in total. The van der Waals surface area contributed by atoms with Crippen molar-refractivity contribution in [3.63, 3.8) is 0 Å². The van der Waals surface area contributed by atoms with E-state index in [0.717, 1.165) is 17.8 Å². The van der Waals surface area contributed by atoms with Crippen LogP contribution < -0.4 is 9.91 Å². The monoisotopic (exact) mass is 341 g/mol. The summed E-state index contributed by atoms with van der Waals surface area (Å²) in [5, 5.41) is 7.22. The van der Waals surface area contributed by atoms with Crippen LogP contribution >= 0.6 is 0 Å². The van der Waals surface area contributed by atoms with Crippen LogP contribution in [0.5, 0.6) is 0 Å². The first-order valence-corrected chi connectivity index (χ1v) is 8.97. The van der Waals surface area contributed by atoms with Gasteiger partial charge < -0.3 is 4.90 Å². The Morgan fingerprint density at radius 2 is 1.42 bits per heavy atom. The van der Waals surface area contributed by atoms with Gasteiger partial charge in [-0.2, -0.15) is 5.10 Å². The average molecular weight is 341 g/mol. The molecule has 1 heterocycles. The summed E-state index contributed by atoms with van der Waals surface area (Å²) in [6.45, 7) is 0. The van der Waals surface area contributed by atoms with Gasteiger partial charge in [-0.3, -0.25) is 5.01 Å². The summed E-state index contributed by atoms with van der Waals surface area (Å²) < 4.78 is 0. The van der Waals surface area contributed by atoms with Crippen LogP contribution in [0, 0.1) is 0 Å². The summed E-state index contributed by atoms with van der Waals surface area (Å²) in [6, 6.07) is 29.8. The van der Waals surface area contributed by atoms with Gasteiger partial charge in [-0.15, -0.1) is 0 Å². The highest BCUT2D eigenvalue weighted by Gasteiger charge is 2.30. The van der Waals surface area contributed by atoms with Gasteiger partial charge >= 0.3 is 0 Å². The highest BCUT2D eigenvalue weighted by Crippen LogP contribution is 2.37. The number of rotatable bonds is 4. The van der Waals surface area contributed by atoms with E-state index in [9.17, 15) is 0 Å². The van der Waals surface area contributed by atoms with E-state index in [1.54, 1.807) is 0 Å². The van der Waals surface area contributed by atoms with Crippen molar-refractivity contribution >= 4 is 17.1 Å². The number of para-hydroxylation sites is 2. The minimum absolute atomic E-state index is 0.212. The van der Waals surface area contributed by atoms with E-state index < -0.39 is 0 Å². The van der Waals surface area contributed by atoms with Crippen LogP contribution in [0.4, 0.5) is 11.4 Å². The van der Waals surface area contributed by atoms with Crippen LogP contribution in [0.25, 0.3) is 0 Å². The molecule has 4 rings (SSSR count). The average Bonchev–Trinajstić information content (AvgIpc) is 3.15. The van der Waals surface area contributed by atoms with E-state index >= 15 is 0 Å². The molecule has 1 aliphatic rings. The van der Waals surface area contributed by atoms with Gasteiger partial charge in [-0.05, 0) is 23.8 Å². The van der Waals surface area contributed by atoms with Crippen LogP contribution in [-0.2, 0) is 0 Å². The van der Waals surface area contributed by atoms with E-state index in [4.69, 9.17) is 5.10 Å². The normalized spacial score (nSPS) is 16.5.